The molecule has 0 spiro atoms. The molecule has 1 unspecified atom stereocenters. The van der Waals surface area contributed by atoms with E-state index in [0.29, 0.717) is 17.8 Å². The Hall–Kier alpha value is -4.54. The van der Waals surface area contributed by atoms with Crippen LogP contribution in [0.5, 0.6) is 11.5 Å². The number of hydrogen-bond donors (Lipinski definition) is 1. The number of hydrogen-bond acceptors (Lipinski definition) is 7. The van der Waals surface area contributed by atoms with E-state index in [4.69, 9.17) is 9.47 Å². The first-order valence-corrected chi connectivity index (χ1v) is 13.4. The summed E-state index contributed by atoms with van der Waals surface area (Å²) in [5, 5.41) is 11.5. The second-order valence-corrected chi connectivity index (χ2v) is 10.5. The van der Waals surface area contributed by atoms with Crippen molar-refractivity contribution in [3.63, 3.8) is 0 Å². The molecule has 1 N–H and O–H groups in total. The summed E-state index contributed by atoms with van der Waals surface area (Å²) >= 11 is 0. The van der Waals surface area contributed by atoms with Gasteiger partial charge in [0.2, 0.25) is 10.0 Å². The number of carbonyl (C=O) groups is 1. The van der Waals surface area contributed by atoms with E-state index in [0.717, 1.165) is 23.3 Å². The molecule has 9 nitrogen and oxygen atoms in total. The molecule has 0 bridgehead atoms. The summed E-state index contributed by atoms with van der Waals surface area (Å²) in [6, 6.07) is 28.5. The van der Waals surface area contributed by atoms with Crippen LogP contribution in [0, 0.1) is 10.1 Å². The van der Waals surface area contributed by atoms with Crippen molar-refractivity contribution in [1.82, 2.24) is 4.72 Å². The highest BCUT2D eigenvalue weighted by molar-refractivity contribution is 7.89. The summed E-state index contributed by atoms with van der Waals surface area (Å²) in [6.07, 6.45) is 0.427. The van der Waals surface area contributed by atoms with Gasteiger partial charge in [-0.15, -0.1) is 0 Å². The first kappa shape index (κ1) is 27.5. The zero-order valence-corrected chi connectivity index (χ0v) is 21.8. The van der Waals surface area contributed by atoms with E-state index in [9.17, 15) is 23.3 Å². The molecule has 0 aromatic heterocycles. The number of benzene rings is 4. The number of sulfonamides is 1. The van der Waals surface area contributed by atoms with E-state index in [1.54, 1.807) is 6.07 Å². The van der Waals surface area contributed by atoms with Crippen LogP contribution in [0.3, 0.4) is 0 Å². The summed E-state index contributed by atoms with van der Waals surface area (Å²) < 4.78 is 40.8. The molecule has 0 radical (unpaired) electrons. The number of nitro benzene ring substituents is 1. The average molecular weight is 547 g/mol. The molecule has 0 aliphatic carbocycles. The van der Waals surface area contributed by atoms with Crippen LogP contribution in [0.4, 0.5) is 5.69 Å². The Morgan fingerprint density at radius 1 is 0.821 bits per heavy atom. The molecule has 4 aromatic rings. The average Bonchev–Trinajstić information content (AvgIpc) is 2.95. The van der Waals surface area contributed by atoms with Crippen molar-refractivity contribution >= 4 is 22.0 Å². The van der Waals surface area contributed by atoms with Gasteiger partial charge in [-0.3, -0.25) is 10.1 Å². The van der Waals surface area contributed by atoms with Crippen molar-refractivity contribution in [3.05, 3.63) is 130 Å². The molecule has 0 fully saturated rings. The monoisotopic (exact) mass is 546 g/mol. The highest BCUT2D eigenvalue weighted by atomic mass is 32.2. The number of nitro groups is 1. The highest BCUT2D eigenvalue weighted by Gasteiger charge is 2.36. The Labute approximate surface area is 226 Å². The lowest BCUT2D eigenvalue weighted by Gasteiger charge is -2.26. The van der Waals surface area contributed by atoms with Crippen LogP contribution in [-0.4, -0.2) is 19.6 Å². The van der Waals surface area contributed by atoms with Crippen LogP contribution >= 0.6 is 0 Å². The molecular formula is C29H26N2O7S. The van der Waals surface area contributed by atoms with E-state index in [2.05, 4.69) is 4.72 Å². The van der Waals surface area contributed by atoms with Gasteiger partial charge >= 0.3 is 0 Å². The molecule has 4 rings (SSSR count). The number of carbonyl (C=O) groups excluding carboxylic acids is 1. The van der Waals surface area contributed by atoms with E-state index >= 15 is 0 Å². The molecule has 0 amide bonds. The maximum atomic E-state index is 13.3. The van der Waals surface area contributed by atoms with Gasteiger partial charge in [-0.25, -0.2) is 8.42 Å². The first-order valence-electron chi connectivity index (χ1n) is 11.9. The minimum absolute atomic E-state index is 0.224. The molecule has 0 saturated carbocycles. The normalized spacial score (nSPS) is 12.7. The van der Waals surface area contributed by atoms with Crippen molar-refractivity contribution in [2.24, 2.45) is 0 Å². The fourth-order valence-electron chi connectivity index (χ4n) is 3.84. The molecule has 39 heavy (non-hydrogen) atoms. The van der Waals surface area contributed by atoms with Crippen molar-refractivity contribution in [2.75, 3.05) is 0 Å². The largest absolute Gasteiger partial charge is 0.489 e. The smallest absolute Gasteiger partial charge is 0.289 e. The zero-order chi connectivity index (χ0) is 27.9. The standard InChI is InChI=1S/C29H26N2O7S/c1-29(21-32,30-39(35,36)28-15-9-8-14-27(28)31(33)34)24-16-25(37-19-22-10-4-2-5-11-22)18-26(17-24)38-20-23-12-6-3-7-13-23/h2-18,21,30H,19-20H2,1H3. The van der Waals surface area contributed by atoms with Crippen LogP contribution in [0.2, 0.25) is 0 Å². The number of rotatable bonds is 12. The van der Waals surface area contributed by atoms with E-state index in [1.165, 1.54) is 31.2 Å². The lowest BCUT2D eigenvalue weighted by atomic mass is 9.94. The Morgan fingerprint density at radius 2 is 1.31 bits per heavy atom. The van der Waals surface area contributed by atoms with Crippen LogP contribution in [0.1, 0.15) is 23.6 Å². The Morgan fingerprint density at radius 3 is 1.79 bits per heavy atom. The number of ether oxygens (including phenoxy) is 2. The van der Waals surface area contributed by atoms with Gasteiger partial charge in [0, 0.05) is 12.1 Å². The Kier molecular flexibility index (Phi) is 8.38. The van der Waals surface area contributed by atoms with Crippen molar-refractivity contribution in [2.45, 2.75) is 30.6 Å². The van der Waals surface area contributed by atoms with Gasteiger partial charge < -0.3 is 14.3 Å². The van der Waals surface area contributed by atoms with E-state index in [1.807, 2.05) is 60.7 Å². The lowest BCUT2D eigenvalue weighted by Crippen LogP contribution is -2.44. The molecule has 0 aliphatic heterocycles. The third-order valence-corrected chi connectivity index (χ3v) is 7.53. The van der Waals surface area contributed by atoms with Crippen LogP contribution in [-0.2, 0) is 33.6 Å². The highest BCUT2D eigenvalue weighted by Crippen LogP contribution is 2.32. The summed E-state index contributed by atoms with van der Waals surface area (Å²) in [7, 11) is -4.49. The number of nitrogens with one attached hydrogen (secondary N) is 1. The molecule has 0 saturated heterocycles. The summed E-state index contributed by atoms with van der Waals surface area (Å²) in [4.78, 5) is 22.5. The zero-order valence-electron chi connectivity index (χ0n) is 21.0. The molecule has 1 atom stereocenters. The quantitative estimate of drug-likeness (QED) is 0.148. The van der Waals surface area contributed by atoms with Gasteiger partial charge in [-0.05, 0) is 41.8 Å². The summed E-state index contributed by atoms with van der Waals surface area (Å²) in [6.45, 7) is 1.81. The molecule has 4 aromatic carbocycles. The first-order chi connectivity index (χ1) is 18.7. The van der Waals surface area contributed by atoms with E-state index < -0.39 is 31.1 Å². The van der Waals surface area contributed by atoms with Crippen molar-refractivity contribution in [3.8, 4) is 11.5 Å². The Balaban J connectivity index is 1.69. The number of nitrogens with zero attached hydrogens (tertiary/aromatic N) is 1. The van der Waals surface area contributed by atoms with Gasteiger partial charge in [0.25, 0.3) is 5.69 Å². The predicted octanol–water partition coefficient (Wildman–Crippen LogP) is 5.15. The van der Waals surface area contributed by atoms with Crippen LogP contribution in [0.25, 0.3) is 0 Å². The third kappa shape index (κ3) is 6.86. The lowest BCUT2D eigenvalue weighted by molar-refractivity contribution is -0.387. The van der Waals surface area contributed by atoms with Gasteiger partial charge in [0.15, 0.2) is 4.90 Å². The minimum atomic E-state index is -4.49. The summed E-state index contributed by atoms with van der Waals surface area (Å²) in [5.41, 5.74) is -0.368. The fraction of sp³-hybridized carbons (Fsp3) is 0.138. The molecular weight excluding hydrogens is 520 g/mol. The predicted molar refractivity (Wildman–Crippen MR) is 145 cm³/mol. The fourth-order valence-corrected chi connectivity index (χ4v) is 5.35. The Bertz CT molecular complexity index is 1500. The molecule has 0 aliphatic rings. The topological polar surface area (TPSA) is 125 Å². The van der Waals surface area contributed by atoms with Gasteiger partial charge in [-0.1, -0.05) is 72.8 Å². The van der Waals surface area contributed by atoms with Gasteiger partial charge in [0.1, 0.15) is 36.5 Å². The van der Waals surface area contributed by atoms with Gasteiger partial charge in [0.05, 0.1) is 4.92 Å². The van der Waals surface area contributed by atoms with Gasteiger partial charge in [-0.2, -0.15) is 4.72 Å². The van der Waals surface area contributed by atoms with Crippen molar-refractivity contribution in [1.29, 1.82) is 0 Å². The summed E-state index contributed by atoms with van der Waals surface area (Å²) in [5.74, 6) is 0.690. The maximum Gasteiger partial charge on any atom is 0.289 e. The number of aldehydes is 1. The second-order valence-electron chi connectivity index (χ2n) is 8.89. The third-order valence-electron chi connectivity index (χ3n) is 5.91. The van der Waals surface area contributed by atoms with Crippen LogP contribution < -0.4 is 14.2 Å². The molecule has 200 valence electrons. The maximum absolute atomic E-state index is 13.3. The van der Waals surface area contributed by atoms with E-state index in [-0.39, 0.29) is 18.8 Å². The minimum Gasteiger partial charge on any atom is -0.489 e. The van der Waals surface area contributed by atoms with Crippen LogP contribution in [0.15, 0.2) is 108 Å². The SMILES string of the molecule is CC(C=O)(NS(=O)(=O)c1ccccc1[N+](=O)[O-])c1cc(OCc2ccccc2)cc(OCc2ccccc2)c1. The molecule has 10 heteroatoms. The molecule has 0 heterocycles. The van der Waals surface area contributed by atoms with Crippen molar-refractivity contribution < 1.29 is 27.6 Å². The number of para-hydroxylation sites is 1. The second kappa shape index (κ2) is 11.9.